The van der Waals surface area contributed by atoms with Crippen LogP contribution in [0.5, 0.6) is 0 Å². The number of nitrogens with one attached hydrogen (secondary N) is 2. The third-order valence-corrected chi connectivity index (χ3v) is 3.31. The third-order valence-electron chi connectivity index (χ3n) is 3.31. The number of carbonyl (C=O) groups is 1. The molecule has 1 aliphatic carbocycles. The summed E-state index contributed by atoms with van der Waals surface area (Å²) in [6.07, 6.45) is 2.35. The Hall–Kier alpha value is -1.88. The van der Waals surface area contributed by atoms with Crippen molar-refractivity contribution in [3.8, 4) is 0 Å². The Kier molecular flexibility index (Phi) is 3.44. The van der Waals surface area contributed by atoms with Crippen LogP contribution in [0.4, 0.5) is 5.69 Å². The molecule has 1 heterocycles. The van der Waals surface area contributed by atoms with Crippen LogP contribution in [-0.2, 0) is 4.79 Å². The molecule has 1 aromatic carbocycles. The topological polar surface area (TPSA) is 67.2 Å². The molecule has 0 saturated heterocycles. The number of amides is 1. The lowest BCUT2D eigenvalue weighted by Gasteiger charge is -2.05. The highest BCUT2D eigenvalue weighted by Crippen LogP contribution is 2.23. The fourth-order valence-electron chi connectivity index (χ4n) is 2.00. The van der Waals surface area contributed by atoms with E-state index in [0.29, 0.717) is 12.6 Å². The molecule has 0 unspecified atom stereocenters. The van der Waals surface area contributed by atoms with E-state index < -0.39 is 0 Å². The minimum absolute atomic E-state index is 0.0242. The minimum Gasteiger partial charge on any atom is -0.440 e. The predicted molar refractivity (Wildman–Crippen MR) is 77.8 cm³/mol. The first kappa shape index (κ1) is 13.1. The van der Waals surface area contributed by atoms with Crippen molar-refractivity contribution >= 4 is 22.7 Å². The molecule has 106 valence electrons. The first-order valence-electron chi connectivity index (χ1n) is 7.05. The van der Waals surface area contributed by atoms with Crippen LogP contribution in [0.15, 0.2) is 22.6 Å². The SMILES string of the molecule is CC(C)c1nc2cc(NC(=O)CNC3CC3)ccc2o1. The van der Waals surface area contributed by atoms with Crippen LogP contribution >= 0.6 is 0 Å². The van der Waals surface area contributed by atoms with E-state index in [-0.39, 0.29) is 11.8 Å². The van der Waals surface area contributed by atoms with Gasteiger partial charge in [0, 0.05) is 17.6 Å². The zero-order chi connectivity index (χ0) is 14.1. The van der Waals surface area contributed by atoms with E-state index in [2.05, 4.69) is 15.6 Å². The quantitative estimate of drug-likeness (QED) is 0.878. The summed E-state index contributed by atoms with van der Waals surface area (Å²) in [5.74, 6) is 0.950. The van der Waals surface area contributed by atoms with Crippen LogP contribution in [0.1, 0.15) is 38.5 Å². The highest BCUT2D eigenvalue weighted by Gasteiger charge is 2.21. The van der Waals surface area contributed by atoms with Crippen molar-refractivity contribution < 1.29 is 9.21 Å². The summed E-state index contributed by atoms with van der Waals surface area (Å²) in [6.45, 7) is 4.44. The van der Waals surface area contributed by atoms with Gasteiger partial charge in [0.2, 0.25) is 5.91 Å². The lowest BCUT2D eigenvalue weighted by atomic mass is 10.2. The van der Waals surface area contributed by atoms with Gasteiger partial charge in [0.1, 0.15) is 5.52 Å². The van der Waals surface area contributed by atoms with Crippen LogP contribution in [0.3, 0.4) is 0 Å². The van der Waals surface area contributed by atoms with Gasteiger partial charge < -0.3 is 15.1 Å². The van der Waals surface area contributed by atoms with Gasteiger partial charge in [0.05, 0.1) is 6.54 Å². The van der Waals surface area contributed by atoms with Gasteiger partial charge in [-0.1, -0.05) is 13.8 Å². The lowest BCUT2D eigenvalue weighted by Crippen LogP contribution is -2.29. The molecule has 20 heavy (non-hydrogen) atoms. The van der Waals surface area contributed by atoms with Crippen molar-refractivity contribution in [2.24, 2.45) is 0 Å². The molecule has 0 aliphatic heterocycles. The maximum absolute atomic E-state index is 11.8. The summed E-state index contributed by atoms with van der Waals surface area (Å²) < 4.78 is 5.64. The van der Waals surface area contributed by atoms with Crippen molar-refractivity contribution in [1.29, 1.82) is 0 Å². The second-order valence-corrected chi connectivity index (χ2v) is 5.59. The van der Waals surface area contributed by atoms with E-state index in [0.717, 1.165) is 22.7 Å². The Bertz CT molecular complexity index is 629. The summed E-state index contributed by atoms with van der Waals surface area (Å²) >= 11 is 0. The molecule has 0 atom stereocenters. The van der Waals surface area contributed by atoms with E-state index in [1.165, 1.54) is 12.8 Å². The highest BCUT2D eigenvalue weighted by molar-refractivity contribution is 5.94. The Morgan fingerprint density at radius 2 is 2.25 bits per heavy atom. The Balaban J connectivity index is 1.69. The Morgan fingerprint density at radius 1 is 1.45 bits per heavy atom. The number of aromatic nitrogens is 1. The second-order valence-electron chi connectivity index (χ2n) is 5.59. The number of fused-ring (bicyclic) bond motifs is 1. The molecule has 3 rings (SSSR count). The molecule has 0 bridgehead atoms. The average molecular weight is 273 g/mol. The first-order valence-corrected chi connectivity index (χ1v) is 7.05. The summed E-state index contributed by atoms with van der Waals surface area (Å²) in [5, 5.41) is 6.06. The van der Waals surface area contributed by atoms with Crippen LogP contribution in [-0.4, -0.2) is 23.5 Å². The molecule has 1 aromatic heterocycles. The molecule has 2 N–H and O–H groups in total. The molecular weight excluding hydrogens is 254 g/mol. The molecular formula is C15H19N3O2. The van der Waals surface area contributed by atoms with E-state index >= 15 is 0 Å². The number of rotatable bonds is 5. The maximum Gasteiger partial charge on any atom is 0.238 e. The first-order chi connectivity index (χ1) is 9.61. The van der Waals surface area contributed by atoms with Crippen LogP contribution in [0, 0.1) is 0 Å². The number of oxazole rings is 1. The fourth-order valence-corrected chi connectivity index (χ4v) is 2.00. The number of carbonyl (C=O) groups excluding carboxylic acids is 1. The summed E-state index contributed by atoms with van der Waals surface area (Å²) in [6, 6.07) is 6.07. The Labute approximate surface area is 117 Å². The molecule has 1 saturated carbocycles. The lowest BCUT2D eigenvalue weighted by molar-refractivity contribution is -0.115. The van der Waals surface area contributed by atoms with Crippen LogP contribution in [0.25, 0.3) is 11.1 Å². The number of benzene rings is 1. The van der Waals surface area contributed by atoms with E-state index in [4.69, 9.17) is 4.42 Å². The normalized spacial score (nSPS) is 14.9. The van der Waals surface area contributed by atoms with Crippen molar-refractivity contribution in [2.45, 2.75) is 38.6 Å². The molecule has 0 spiro atoms. The van der Waals surface area contributed by atoms with E-state index in [1.54, 1.807) is 0 Å². The summed E-state index contributed by atoms with van der Waals surface area (Å²) in [4.78, 5) is 16.2. The van der Waals surface area contributed by atoms with Crippen LogP contribution < -0.4 is 10.6 Å². The maximum atomic E-state index is 11.8. The van der Waals surface area contributed by atoms with Crippen LogP contribution in [0.2, 0.25) is 0 Å². The number of nitrogens with zero attached hydrogens (tertiary/aromatic N) is 1. The highest BCUT2D eigenvalue weighted by atomic mass is 16.3. The van der Waals surface area contributed by atoms with Crippen molar-refractivity contribution in [1.82, 2.24) is 10.3 Å². The van der Waals surface area contributed by atoms with Gasteiger partial charge in [-0.2, -0.15) is 0 Å². The van der Waals surface area contributed by atoms with Crippen molar-refractivity contribution in [2.75, 3.05) is 11.9 Å². The Morgan fingerprint density at radius 3 is 2.95 bits per heavy atom. The molecule has 5 heteroatoms. The molecule has 0 radical (unpaired) electrons. The van der Waals surface area contributed by atoms with Gasteiger partial charge in [-0.3, -0.25) is 4.79 Å². The summed E-state index contributed by atoms with van der Waals surface area (Å²) in [7, 11) is 0. The molecule has 2 aromatic rings. The van der Waals surface area contributed by atoms with Gasteiger partial charge in [0.25, 0.3) is 0 Å². The minimum atomic E-state index is -0.0242. The zero-order valence-electron chi connectivity index (χ0n) is 11.8. The number of hydrogen-bond acceptors (Lipinski definition) is 4. The van der Waals surface area contributed by atoms with E-state index in [1.807, 2.05) is 32.0 Å². The van der Waals surface area contributed by atoms with Gasteiger partial charge >= 0.3 is 0 Å². The molecule has 1 aliphatic rings. The van der Waals surface area contributed by atoms with Gasteiger partial charge in [0.15, 0.2) is 11.5 Å². The fraction of sp³-hybridized carbons (Fsp3) is 0.467. The largest absolute Gasteiger partial charge is 0.440 e. The van der Waals surface area contributed by atoms with Gasteiger partial charge in [-0.15, -0.1) is 0 Å². The predicted octanol–water partition coefficient (Wildman–Crippen LogP) is 2.64. The molecule has 1 fully saturated rings. The summed E-state index contributed by atoms with van der Waals surface area (Å²) in [5.41, 5.74) is 2.29. The van der Waals surface area contributed by atoms with E-state index in [9.17, 15) is 4.79 Å². The molecule has 5 nitrogen and oxygen atoms in total. The monoisotopic (exact) mass is 273 g/mol. The second kappa shape index (κ2) is 5.25. The van der Waals surface area contributed by atoms with Crippen molar-refractivity contribution in [3.05, 3.63) is 24.1 Å². The molecule has 1 amide bonds. The standard InChI is InChI=1S/C15H19N3O2/c1-9(2)15-18-12-7-11(5-6-13(12)20-15)17-14(19)8-16-10-3-4-10/h5-7,9-10,16H,3-4,8H2,1-2H3,(H,17,19). The number of anilines is 1. The van der Waals surface area contributed by atoms with Crippen molar-refractivity contribution in [3.63, 3.8) is 0 Å². The zero-order valence-corrected chi connectivity index (χ0v) is 11.8. The number of hydrogen-bond donors (Lipinski definition) is 2. The smallest absolute Gasteiger partial charge is 0.238 e. The average Bonchev–Trinajstić information content (AvgIpc) is 3.14. The van der Waals surface area contributed by atoms with Gasteiger partial charge in [-0.25, -0.2) is 4.98 Å². The third kappa shape index (κ3) is 2.99. The van der Waals surface area contributed by atoms with Gasteiger partial charge in [-0.05, 0) is 31.0 Å².